The maximum Gasteiger partial charge on any atom is 0.318 e. The number of hydrogen-bond acceptors (Lipinski definition) is 8. The van der Waals surface area contributed by atoms with Gasteiger partial charge in [0.1, 0.15) is 5.52 Å². The second-order valence-electron chi connectivity index (χ2n) is 6.47. The highest BCUT2D eigenvalue weighted by Gasteiger charge is 2.23. The van der Waals surface area contributed by atoms with Crippen LogP contribution in [0.5, 0.6) is 5.75 Å². The minimum Gasteiger partial charge on any atom is -0.502 e. The maximum absolute atomic E-state index is 11.1. The molecular weight excluding hydrogens is 463 g/mol. The van der Waals surface area contributed by atoms with Gasteiger partial charge in [0.05, 0.1) is 32.2 Å². The van der Waals surface area contributed by atoms with Gasteiger partial charge in [0.25, 0.3) is 5.69 Å². The van der Waals surface area contributed by atoms with Crippen molar-refractivity contribution in [1.82, 2.24) is 4.98 Å². The van der Waals surface area contributed by atoms with E-state index in [1.165, 1.54) is 0 Å². The lowest BCUT2D eigenvalue weighted by Crippen LogP contribution is -1.96. The monoisotopic (exact) mass is 472 g/mol. The fourth-order valence-corrected chi connectivity index (χ4v) is 3.38. The summed E-state index contributed by atoms with van der Waals surface area (Å²) in [5.74, 6) is -0.457. The van der Waals surface area contributed by atoms with Gasteiger partial charge in [-0.1, -0.05) is 23.2 Å². The van der Waals surface area contributed by atoms with Crippen LogP contribution in [0.3, 0.4) is 0 Å². The van der Waals surface area contributed by atoms with Gasteiger partial charge in [-0.2, -0.15) is 0 Å². The third-order valence-electron chi connectivity index (χ3n) is 4.40. The highest BCUT2D eigenvalue weighted by Crippen LogP contribution is 2.35. The zero-order valence-electron chi connectivity index (χ0n) is 15.7. The van der Waals surface area contributed by atoms with Crippen LogP contribution in [-0.2, 0) is 0 Å². The summed E-state index contributed by atoms with van der Waals surface area (Å²) in [6, 6.07) is 11.3. The fourth-order valence-electron chi connectivity index (χ4n) is 2.89. The van der Waals surface area contributed by atoms with E-state index in [-0.39, 0.29) is 11.5 Å². The van der Waals surface area contributed by atoms with Crippen molar-refractivity contribution in [2.45, 2.75) is 0 Å². The predicted octanol–water partition coefficient (Wildman–Crippen LogP) is 6.07. The van der Waals surface area contributed by atoms with Crippen molar-refractivity contribution in [2.75, 3.05) is 0 Å². The largest absolute Gasteiger partial charge is 0.502 e. The van der Waals surface area contributed by atoms with Gasteiger partial charge >= 0.3 is 5.69 Å². The quantitative estimate of drug-likeness (QED) is 0.210. The summed E-state index contributed by atoms with van der Waals surface area (Å²) in [6.45, 7) is 0. The molecule has 4 rings (SSSR count). The molecule has 1 aromatic heterocycles. The Balaban J connectivity index is 1.71. The molecule has 0 aliphatic heterocycles. The first-order chi connectivity index (χ1) is 15.2. The minimum atomic E-state index is -0.912. The molecule has 0 aliphatic carbocycles. The van der Waals surface area contributed by atoms with Crippen LogP contribution in [0.15, 0.2) is 57.9 Å². The van der Waals surface area contributed by atoms with E-state index in [1.807, 2.05) is 0 Å². The average molecular weight is 473 g/mol. The molecule has 1 N–H and O–H groups in total. The van der Waals surface area contributed by atoms with E-state index >= 15 is 0 Å². The number of aromatic hydroxyl groups is 1. The van der Waals surface area contributed by atoms with Crippen molar-refractivity contribution < 1.29 is 19.4 Å². The molecule has 4 aromatic rings. The molecule has 0 spiro atoms. The van der Waals surface area contributed by atoms with E-state index in [0.717, 1.165) is 12.3 Å². The molecule has 0 bridgehead atoms. The van der Waals surface area contributed by atoms with Crippen LogP contribution in [-0.4, -0.2) is 26.2 Å². The third-order valence-corrected chi connectivity index (χ3v) is 4.94. The molecule has 0 aliphatic rings. The zero-order valence-corrected chi connectivity index (χ0v) is 17.2. The molecule has 0 amide bonds. The SMILES string of the molecule is O=[N+]([O-])c1cc(C=Nc2ccc3oc(-c4ccc(Cl)cc4Cl)nc3c2)c(O)c([N+](=O)[O-])c1. The fraction of sp³-hybridized carbons (Fsp3) is 0. The molecular formula is C20H10Cl2N4O6. The smallest absolute Gasteiger partial charge is 0.318 e. The molecule has 32 heavy (non-hydrogen) atoms. The van der Waals surface area contributed by atoms with Gasteiger partial charge < -0.3 is 9.52 Å². The van der Waals surface area contributed by atoms with Crippen LogP contribution in [0.1, 0.15) is 5.56 Å². The summed E-state index contributed by atoms with van der Waals surface area (Å²) in [5.41, 5.74) is 0.303. The number of non-ortho nitro benzene ring substituents is 1. The normalized spacial score (nSPS) is 11.3. The lowest BCUT2D eigenvalue weighted by Gasteiger charge is -2.01. The van der Waals surface area contributed by atoms with Gasteiger partial charge in [-0.05, 0) is 36.4 Å². The number of halogens is 2. The van der Waals surface area contributed by atoms with E-state index in [4.69, 9.17) is 27.6 Å². The highest BCUT2D eigenvalue weighted by molar-refractivity contribution is 6.36. The molecule has 0 saturated heterocycles. The van der Waals surface area contributed by atoms with Crippen LogP contribution < -0.4 is 0 Å². The second kappa shape index (κ2) is 8.25. The zero-order chi connectivity index (χ0) is 23.0. The number of nitro groups is 2. The number of phenols is 1. The standard InChI is InChI=1S/C20H10Cl2N4O6/c21-11-1-3-14(15(22)6-11)20-24-16-7-12(2-4-18(16)32-20)23-9-10-5-13(25(28)29)8-17(19(10)27)26(30)31/h1-9,27H. The van der Waals surface area contributed by atoms with Crippen LogP contribution >= 0.6 is 23.2 Å². The Kier molecular flexibility index (Phi) is 5.47. The van der Waals surface area contributed by atoms with E-state index in [0.29, 0.717) is 38.5 Å². The number of nitrogens with zero attached hydrogens (tertiary/aromatic N) is 4. The number of benzene rings is 3. The molecule has 0 unspecified atom stereocenters. The Morgan fingerprint density at radius 1 is 1.03 bits per heavy atom. The molecule has 3 aromatic carbocycles. The van der Waals surface area contributed by atoms with Gasteiger partial charge in [0.15, 0.2) is 5.58 Å². The summed E-state index contributed by atoms with van der Waals surface area (Å²) in [5, 5.41) is 33.0. The first-order valence-electron chi connectivity index (χ1n) is 8.79. The molecule has 0 fully saturated rings. The van der Waals surface area contributed by atoms with Crippen molar-refractivity contribution in [2.24, 2.45) is 4.99 Å². The Morgan fingerprint density at radius 3 is 2.50 bits per heavy atom. The Hall–Kier alpha value is -4.02. The molecule has 0 radical (unpaired) electrons. The van der Waals surface area contributed by atoms with E-state index in [1.54, 1.807) is 36.4 Å². The molecule has 0 saturated carbocycles. The minimum absolute atomic E-state index is 0.181. The molecule has 160 valence electrons. The van der Waals surface area contributed by atoms with Crippen molar-refractivity contribution in [3.05, 3.63) is 84.4 Å². The van der Waals surface area contributed by atoms with Gasteiger partial charge in [0, 0.05) is 22.9 Å². The third kappa shape index (κ3) is 4.09. The number of fused-ring (bicyclic) bond motifs is 1. The summed E-state index contributed by atoms with van der Waals surface area (Å²) < 4.78 is 5.72. The van der Waals surface area contributed by atoms with Gasteiger partial charge in [-0.15, -0.1) is 0 Å². The van der Waals surface area contributed by atoms with Crippen LogP contribution in [0.4, 0.5) is 17.1 Å². The predicted molar refractivity (Wildman–Crippen MR) is 118 cm³/mol. The van der Waals surface area contributed by atoms with Gasteiger partial charge in [-0.25, -0.2) is 4.98 Å². The number of hydrogen-bond donors (Lipinski definition) is 1. The van der Waals surface area contributed by atoms with Crippen molar-refractivity contribution >= 4 is 57.6 Å². The summed E-state index contributed by atoms with van der Waals surface area (Å²) in [6.07, 6.45) is 1.09. The molecule has 10 nitrogen and oxygen atoms in total. The average Bonchev–Trinajstić information content (AvgIpc) is 3.15. The van der Waals surface area contributed by atoms with E-state index in [2.05, 4.69) is 9.98 Å². The molecule has 1 heterocycles. The van der Waals surface area contributed by atoms with Gasteiger partial charge in [-0.3, -0.25) is 25.2 Å². The number of oxazole rings is 1. The van der Waals surface area contributed by atoms with Crippen molar-refractivity contribution in [3.63, 3.8) is 0 Å². The van der Waals surface area contributed by atoms with Crippen LogP contribution in [0.2, 0.25) is 10.0 Å². The number of rotatable bonds is 5. The lowest BCUT2D eigenvalue weighted by molar-refractivity contribution is -0.394. The summed E-state index contributed by atoms with van der Waals surface area (Å²) >= 11 is 12.1. The Morgan fingerprint density at radius 2 is 1.81 bits per heavy atom. The summed E-state index contributed by atoms with van der Waals surface area (Å²) in [7, 11) is 0. The Bertz CT molecular complexity index is 1430. The topological polar surface area (TPSA) is 145 Å². The Labute approximate surface area is 188 Å². The van der Waals surface area contributed by atoms with Gasteiger partial charge in [0.2, 0.25) is 11.6 Å². The van der Waals surface area contributed by atoms with E-state index in [9.17, 15) is 25.3 Å². The van der Waals surface area contributed by atoms with Crippen LogP contribution in [0, 0.1) is 20.2 Å². The molecule has 0 atom stereocenters. The lowest BCUT2D eigenvalue weighted by atomic mass is 10.1. The maximum atomic E-state index is 11.1. The first-order valence-corrected chi connectivity index (χ1v) is 9.54. The summed E-state index contributed by atoms with van der Waals surface area (Å²) in [4.78, 5) is 28.9. The molecule has 12 heteroatoms. The number of aliphatic imine (C=N–C) groups is 1. The van der Waals surface area contributed by atoms with Crippen molar-refractivity contribution in [1.29, 1.82) is 0 Å². The first kappa shape index (κ1) is 21.2. The number of nitro benzene ring substituents is 2. The number of aromatic nitrogens is 1. The van der Waals surface area contributed by atoms with Crippen LogP contribution in [0.25, 0.3) is 22.6 Å². The van der Waals surface area contributed by atoms with E-state index < -0.39 is 27.0 Å². The number of phenolic OH excluding ortho intramolecular Hbond substituents is 1. The second-order valence-corrected chi connectivity index (χ2v) is 7.31. The van der Waals surface area contributed by atoms with Crippen molar-refractivity contribution in [3.8, 4) is 17.2 Å². The highest BCUT2D eigenvalue weighted by atomic mass is 35.5.